The van der Waals surface area contributed by atoms with E-state index in [9.17, 15) is 4.79 Å². The minimum absolute atomic E-state index is 0.189. The summed E-state index contributed by atoms with van der Waals surface area (Å²) in [5.74, 6) is 0.625. The van der Waals surface area contributed by atoms with Crippen molar-refractivity contribution in [3.05, 3.63) is 59.7 Å². The van der Waals surface area contributed by atoms with E-state index in [1.807, 2.05) is 29.2 Å². The summed E-state index contributed by atoms with van der Waals surface area (Å²) in [4.78, 5) is 19.3. The van der Waals surface area contributed by atoms with Crippen LogP contribution in [0.15, 0.2) is 53.7 Å². The molecule has 1 amide bonds. The number of fused-ring (bicyclic) bond motifs is 2. The van der Waals surface area contributed by atoms with E-state index in [0.29, 0.717) is 5.75 Å². The Morgan fingerprint density at radius 1 is 1.12 bits per heavy atom. The molecule has 2 aromatic carbocycles. The number of thioether (sulfide) groups is 1. The van der Waals surface area contributed by atoms with Crippen molar-refractivity contribution >= 4 is 28.7 Å². The summed E-state index contributed by atoms with van der Waals surface area (Å²) in [5.41, 5.74) is 4.76. The van der Waals surface area contributed by atoms with Crippen molar-refractivity contribution in [1.29, 1.82) is 0 Å². The molecule has 4 nitrogen and oxygen atoms in total. The molecule has 1 aliphatic rings. The van der Waals surface area contributed by atoms with Crippen LogP contribution in [0.5, 0.6) is 0 Å². The van der Waals surface area contributed by atoms with Gasteiger partial charge in [-0.1, -0.05) is 48.2 Å². The average molecular weight is 351 g/mol. The number of aryl methyl sites for hydroxylation is 1. The van der Waals surface area contributed by atoms with Gasteiger partial charge in [0.2, 0.25) is 5.91 Å². The number of aromatic nitrogens is 2. The number of para-hydroxylation sites is 2. The second-order valence-corrected chi connectivity index (χ2v) is 7.19. The quantitative estimate of drug-likeness (QED) is 0.672. The number of hydrogen-bond donors (Lipinski definition) is 0. The van der Waals surface area contributed by atoms with Crippen LogP contribution in [0.1, 0.15) is 18.1 Å². The number of carbonyl (C=O) groups excluding carboxylic acids is 1. The smallest absolute Gasteiger partial charge is 0.233 e. The molecule has 25 heavy (non-hydrogen) atoms. The Morgan fingerprint density at radius 3 is 2.72 bits per heavy atom. The first-order chi connectivity index (χ1) is 12.3. The summed E-state index contributed by atoms with van der Waals surface area (Å²) in [7, 11) is 0. The fourth-order valence-electron chi connectivity index (χ4n) is 3.40. The van der Waals surface area contributed by atoms with Gasteiger partial charge in [0.25, 0.3) is 0 Å². The van der Waals surface area contributed by atoms with Crippen LogP contribution in [0.3, 0.4) is 0 Å². The molecule has 0 N–H and O–H groups in total. The lowest BCUT2D eigenvalue weighted by Gasteiger charge is -2.28. The molecule has 3 aromatic rings. The van der Waals surface area contributed by atoms with Gasteiger partial charge in [-0.15, -0.1) is 0 Å². The third-order valence-corrected chi connectivity index (χ3v) is 5.71. The van der Waals surface area contributed by atoms with Crippen molar-refractivity contribution in [2.45, 2.75) is 31.6 Å². The van der Waals surface area contributed by atoms with Gasteiger partial charge < -0.3 is 9.47 Å². The average Bonchev–Trinajstić information content (AvgIpc) is 3.03. The van der Waals surface area contributed by atoms with Crippen molar-refractivity contribution in [3.8, 4) is 0 Å². The lowest BCUT2D eigenvalue weighted by molar-refractivity contribution is -0.129. The zero-order valence-electron chi connectivity index (χ0n) is 14.3. The van der Waals surface area contributed by atoms with E-state index in [1.54, 1.807) is 11.8 Å². The van der Waals surface area contributed by atoms with E-state index in [-0.39, 0.29) is 5.91 Å². The van der Waals surface area contributed by atoms with Gasteiger partial charge in [-0.3, -0.25) is 4.79 Å². The third-order valence-electron chi connectivity index (χ3n) is 4.74. The Labute approximate surface area is 151 Å². The highest BCUT2D eigenvalue weighted by Gasteiger charge is 2.21. The highest BCUT2D eigenvalue weighted by molar-refractivity contribution is 7.99. The van der Waals surface area contributed by atoms with Crippen molar-refractivity contribution in [2.75, 3.05) is 12.3 Å². The molecule has 0 aliphatic carbocycles. The molecule has 0 saturated heterocycles. The summed E-state index contributed by atoms with van der Waals surface area (Å²) in [6, 6.07) is 16.5. The Bertz CT molecular complexity index is 918. The molecule has 0 bridgehead atoms. The molecule has 1 aromatic heterocycles. The van der Waals surface area contributed by atoms with Gasteiger partial charge in [0.15, 0.2) is 5.16 Å². The van der Waals surface area contributed by atoms with E-state index >= 15 is 0 Å². The molecule has 4 rings (SSSR count). The zero-order valence-corrected chi connectivity index (χ0v) is 15.1. The summed E-state index contributed by atoms with van der Waals surface area (Å²) >= 11 is 1.54. The van der Waals surface area contributed by atoms with Crippen molar-refractivity contribution in [3.63, 3.8) is 0 Å². The molecule has 0 fully saturated rings. The minimum atomic E-state index is 0.189. The van der Waals surface area contributed by atoms with E-state index in [1.165, 1.54) is 11.1 Å². The number of nitrogens with zero attached hydrogens (tertiary/aromatic N) is 3. The maximum Gasteiger partial charge on any atom is 0.233 e. The van der Waals surface area contributed by atoms with Gasteiger partial charge in [0.05, 0.1) is 16.8 Å². The van der Waals surface area contributed by atoms with Crippen molar-refractivity contribution in [1.82, 2.24) is 14.5 Å². The maximum absolute atomic E-state index is 12.7. The second kappa shape index (κ2) is 6.92. The fraction of sp³-hybridized carbons (Fsp3) is 0.300. The summed E-state index contributed by atoms with van der Waals surface area (Å²) < 4.78 is 2.18. The van der Waals surface area contributed by atoms with E-state index in [0.717, 1.165) is 42.2 Å². The molecule has 1 aliphatic heterocycles. The van der Waals surface area contributed by atoms with Gasteiger partial charge in [-0.2, -0.15) is 0 Å². The molecule has 5 heteroatoms. The topological polar surface area (TPSA) is 38.1 Å². The van der Waals surface area contributed by atoms with Gasteiger partial charge in [0, 0.05) is 19.6 Å². The normalized spacial score (nSPS) is 13.9. The van der Waals surface area contributed by atoms with Crippen LogP contribution in [0.4, 0.5) is 0 Å². The lowest BCUT2D eigenvalue weighted by atomic mass is 10.00. The largest absolute Gasteiger partial charge is 0.337 e. The van der Waals surface area contributed by atoms with Crippen LogP contribution in [0.25, 0.3) is 11.0 Å². The van der Waals surface area contributed by atoms with Crippen LogP contribution in [0.2, 0.25) is 0 Å². The van der Waals surface area contributed by atoms with Gasteiger partial charge >= 0.3 is 0 Å². The summed E-state index contributed by atoms with van der Waals surface area (Å²) in [5, 5.41) is 0.925. The Hall–Kier alpha value is -2.27. The predicted molar refractivity (Wildman–Crippen MR) is 102 cm³/mol. The molecule has 0 atom stereocenters. The molecular weight excluding hydrogens is 330 g/mol. The highest BCUT2D eigenvalue weighted by atomic mass is 32.2. The predicted octanol–water partition coefficient (Wildman–Crippen LogP) is 3.73. The van der Waals surface area contributed by atoms with Crippen molar-refractivity contribution in [2.24, 2.45) is 0 Å². The summed E-state index contributed by atoms with van der Waals surface area (Å²) in [6.07, 6.45) is 0.944. The second-order valence-electron chi connectivity index (χ2n) is 6.25. The highest BCUT2D eigenvalue weighted by Crippen LogP contribution is 2.25. The number of hydrogen-bond acceptors (Lipinski definition) is 3. The van der Waals surface area contributed by atoms with Crippen LogP contribution in [0, 0.1) is 0 Å². The third kappa shape index (κ3) is 3.16. The van der Waals surface area contributed by atoms with Gasteiger partial charge in [-0.25, -0.2) is 4.98 Å². The number of imidazole rings is 1. The Morgan fingerprint density at radius 2 is 1.88 bits per heavy atom. The Balaban J connectivity index is 1.46. The van der Waals surface area contributed by atoms with E-state index < -0.39 is 0 Å². The number of amides is 1. The van der Waals surface area contributed by atoms with Crippen LogP contribution in [-0.4, -0.2) is 32.7 Å². The molecule has 0 unspecified atom stereocenters. The van der Waals surface area contributed by atoms with Gasteiger partial charge in [0.1, 0.15) is 0 Å². The van der Waals surface area contributed by atoms with E-state index in [2.05, 4.69) is 35.8 Å². The molecule has 0 saturated carbocycles. The number of rotatable bonds is 4. The van der Waals surface area contributed by atoms with Crippen LogP contribution in [-0.2, 0) is 24.3 Å². The van der Waals surface area contributed by atoms with Crippen molar-refractivity contribution < 1.29 is 4.79 Å². The SMILES string of the molecule is CCn1c(SCC(=O)N2CCc3ccccc3C2)nc2ccccc21. The first-order valence-electron chi connectivity index (χ1n) is 8.69. The summed E-state index contributed by atoms with van der Waals surface area (Å²) in [6.45, 7) is 4.50. The molecule has 0 spiro atoms. The Kier molecular flexibility index (Phi) is 4.49. The molecular formula is C20H21N3OS. The van der Waals surface area contributed by atoms with Gasteiger partial charge in [-0.05, 0) is 36.6 Å². The fourth-order valence-corrected chi connectivity index (χ4v) is 4.38. The monoisotopic (exact) mass is 351 g/mol. The van der Waals surface area contributed by atoms with Crippen LogP contribution < -0.4 is 0 Å². The molecule has 2 heterocycles. The van der Waals surface area contributed by atoms with Crippen LogP contribution >= 0.6 is 11.8 Å². The lowest BCUT2D eigenvalue weighted by Crippen LogP contribution is -2.37. The van der Waals surface area contributed by atoms with E-state index in [4.69, 9.17) is 4.98 Å². The minimum Gasteiger partial charge on any atom is -0.337 e. The number of carbonyl (C=O) groups is 1. The molecule has 128 valence electrons. The number of benzene rings is 2. The zero-order chi connectivity index (χ0) is 17.2. The maximum atomic E-state index is 12.7. The standard InChI is InChI=1S/C20H21N3OS/c1-2-23-18-10-6-5-9-17(18)21-20(23)25-14-19(24)22-12-11-15-7-3-4-8-16(15)13-22/h3-10H,2,11-14H2,1H3. The molecule has 0 radical (unpaired) electrons. The first kappa shape index (κ1) is 16.2. The first-order valence-corrected chi connectivity index (χ1v) is 9.67.